The maximum absolute atomic E-state index is 13.6. The highest BCUT2D eigenvalue weighted by atomic mass is 16.4. The molecule has 14 N–H and O–H groups in total. The number of rotatable bonds is 18. The van der Waals surface area contributed by atoms with E-state index in [-0.39, 0.29) is 59.8 Å². The van der Waals surface area contributed by atoms with Crippen LogP contribution in [0.2, 0.25) is 0 Å². The zero-order valence-electron chi connectivity index (χ0n) is 25.4. The molecule has 2 amide bonds. The molecule has 8 atom stereocenters. The topological polar surface area (TPSA) is 319 Å². The molecule has 1 aliphatic rings. The fraction of sp³-hybridized carbons (Fsp3) is 0.467. The summed E-state index contributed by atoms with van der Waals surface area (Å²) in [6.45, 7) is -2.07. The Kier molecular flexibility index (Phi) is 13.9. The van der Waals surface area contributed by atoms with Crippen LogP contribution in [-0.2, 0) is 9.59 Å². The van der Waals surface area contributed by atoms with Crippen LogP contribution in [0.1, 0.15) is 31.8 Å². The van der Waals surface area contributed by atoms with Gasteiger partial charge in [-0.2, -0.15) is 0 Å². The predicted molar refractivity (Wildman–Crippen MR) is 165 cm³/mol. The van der Waals surface area contributed by atoms with Crippen molar-refractivity contribution in [1.82, 2.24) is 10.6 Å². The average molecular weight is 681 g/mol. The quantitative estimate of drug-likeness (QED) is 0.0557. The molecular formula is C30H40N4O14. The number of amides is 2. The summed E-state index contributed by atoms with van der Waals surface area (Å²) in [5, 5.41) is 106. The Morgan fingerprint density at radius 1 is 0.542 bits per heavy atom. The number of ketones is 2. The van der Waals surface area contributed by atoms with Crippen molar-refractivity contribution in [3.8, 4) is 0 Å². The van der Waals surface area contributed by atoms with Gasteiger partial charge in [-0.05, 0) is 12.1 Å². The molecule has 0 saturated heterocycles. The molecule has 2 aromatic carbocycles. The number of aliphatic hydroxyl groups excluding tert-OH is 10. The fourth-order valence-electron chi connectivity index (χ4n) is 4.87. The van der Waals surface area contributed by atoms with E-state index in [4.69, 9.17) is 10.2 Å². The normalized spacial score (nSPS) is 17.5. The highest BCUT2D eigenvalue weighted by Crippen LogP contribution is 2.35. The van der Waals surface area contributed by atoms with Gasteiger partial charge >= 0.3 is 0 Å². The van der Waals surface area contributed by atoms with Crippen molar-refractivity contribution >= 4 is 34.8 Å². The second kappa shape index (κ2) is 17.4. The third-order valence-electron chi connectivity index (χ3n) is 7.60. The van der Waals surface area contributed by atoms with Crippen LogP contribution in [0.4, 0.5) is 11.4 Å². The number of hydrogen-bond donors (Lipinski definition) is 14. The fourth-order valence-corrected chi connectivity index (χ4v) is 4.87. The first-order valence-electron chi connectivity index (χ1n) is 14.8. The summed E-state index contributed by atoms with van der Waals surface area (Å²) in [6, 6.07) is 9.07. The zero-order chi connectivity index (χ0) is 35.7. The van der Waals surface area contributed by atoms with Crippen molar-refractivity contribution in [2.45, 2.75) is 48.8 Å². The molecule has 8 unspecified atom stereocenters. The Morgan fingerprint density at radius 3 is 1.23 bits per heavy atom. The Labute approximate surface area is 273 Å². The van der Waals surface area contributed by atoms with Crippen molar-refractivity contribution in [3.63, 3.8) is 0 Å². The van der Waals surface area contributed by atoms with E-state index in [9.17, 15) is 60.0 Å². The summed E-state index contributed by atoms with van der Waals surface area (Å²) >= 11 is 0. The van der Waals surface area contributed by atoms with Gasteiger partial charge in [0.2, 0.25) is 0 Å². The third kappa shape index (κ3) is 8.68. The maximum atomic E-state index is 13.6. The van der Waals surface area contributed by atoms with Gasteiger partial charge in [-0.25, -0.2) is 0 Å². The second-order valence-electron chi connectivity index (χ2n) is 10.9. The molecule has 1 aliphatic carbocycles. The standard InChI is InChI=1S/C30H40N4O14/c35-11-17(37)23(41)25(43)27(45)29(47)33-9-7-31-15-5-1-3-13-19(15)22(40)14-4-2-6-16(20(14)21(13)39)32-8-10-34-30(48)28(46)26(44)24(42)18(38)12-36/h1-6,17-18,23-28,31-32,35-38,41-46H,7-12H2,(H,33,47)(H,34,48). The second-order valence-corrected chi connectivity index (χ2v) is 10.9. The lowest BCUT2D eigenvalue weighted by molar-refractivity contribution is -0.149. The molecule has 2 aromatic rings. The molecule has 264 valence electrons. The predicted octanol–water partition coefficient (Wildman–Crippen LogP) is -5.61. The number of aliphatic hydroxyl groups is 10. The van der Waals surface area contributed by atoms with E-state index >= 15 is 0 Å². The smallest absolute Gasteiger partial charge is 0.251 e. The minimum Gasteiger partial charge on any atom is -0.394 e. The van der Waals surface area contributed by atoms with E-state index in [0.717, 1.165) is 0 Å². The zero-order valence-corrected chi connectivity index (χ0v) is 25.4. The lowest BCUT2D eigenvalue weighted by Gasteiger charge is -2.25. The number of fused-ring (bicyclic) bond motifs is 2. The summed E-state index contributed by atoms with van der Waals surface area (Å²) < 4.78 is 0. The van der Waals surface area contributed by atoms with Crippen LogP contribution in [0.3, 0.4) is 0 Å². The first-order valence-corrected chi connectivity index (χ1v) is 14.8. The molecule has 18 heteroatoms. The molecule has 0 heterocycles. The van der Waals surface area contributed by atoms with E-state index in [1.165, 1.54) is 24.3 Å². The largest absolute Gasteiger partial charge is 0.394 e. The van der Waals surface area contributed by atoms with Gasteiger partial charge in [0.1, 0.15) is 36.6 Å². The molecule has 0 saturated carbocycles. The van der Waals surface area contributed by atoms with Gasteiger partial charge in [-0.15, -0.1) is 0 Å². The summed E-state index contributed by atoms with van der Waals surface area (Å²) in [5.74, 6) is -3.12. The summed E-state index contributed by atoms with van der Waals surface area (Å²) in [6.07, 6.45) is -15.9. The van der Waals surface area contributed by atoms with Gasteiger partial charge in [0.05, 0.1) is 24.3 Å². The van der Waals surface area contributed by atoms with Crippen molar-refractivity contribution in [2.24, 2.45) is 0 Å². The van der Waals surface area contributed by atoms with Crippen molar-refractivity contribution in [3.05, 3.63) is 58.7 Å². The summed E-state index contributed by atoms with van der Waals surface area (Å²) in [4.78, 5) is 51.5. The molecular weight excluding hydrogens is 640 g/mol. The lowest BCUT2D eigenvalue weighted by atomic mass is 9.82. The third-order valence-corrected chi connectivity index (χ3v) is 7.60. The van der Waals surface area contributed by atoms with Gasteiger partial charge in [0, 0.05) is 48.7 Å². The molecule has 0 aromatic heterocycles. The molecule has 0 fully saturated rings. The van der Waals surface area contributed by atoms with Crippen LogP contribution < -0.4 is 21.3 Å². The van der Waals surface area contributed by atoms with E-state index < -0.39 is 85.4 Å². The van der Waals surface area contributed by atoms with E-state index in [1.807, 2.05) is 0 Å². The highest BCUT2D eigenvalue weighted by molar-refractivity contribution is 6.31. The minimum absolute atomic E-state index is 0.00116. The minimum atomic E-state index is -2.12. The van der Waals surface area contributed by atoms with E-state index in [1.54, 1.807) is 12.1 Å². The highest BCUT2D eigenvalue weighted by Gasteiger charge is 2.36. The first kappa shape index (κ1) is 38.4. The number of anilines is 2. The molecule has 0 bridgehead atoms. The van der Waals surface area contributed by atoms with Crippen molar-refractivity contribution < 1.29 is 70.2 Å². The van der Waals surface area contributed by atoms with Gasteiger partial charge in [-0.1, -0.05) is 24.3 Å². The number of nitrogens with one attached hydrogen (secondary N) is 4. The SMILES string of the molecule is O=C1c2cccc(NCCNC(=O)C(O)C(O)C(O)C(O)CO)c2C(=O)c2cccc(NCCNC(=O)C(O)C(O)C(O)C(O)CO)c21. The van der Waals surface area contributed by atoms with Crippen molar-refractivity contribution in [1.29, 1.82) is 0 Å². The van der Waals surface area contributed by atoms with Gasteiger partial charge < -0.3 is 72.3 Å². The Balaban J connectivity index is 1.61. The van der Waals surface area contributed by atoms with Crippen molar-refractivity contribution in [2.75, 3.05) is 50.0 Å². The van der Waals surface area contributed by atoms with E-state index in [2.05, 4.69) is 21.3 Å². The summed E-state index contributed by atoms with van der Waals surface area (Å²) in [5.41, 5.74) is 0.851. The number of carbonyl (C=O) groups excluding carboxylic acids is 4. The summed E-state index contributed by atoms with van der Waals surface area (Å²) in [7, 11) is 0. The van der Waals surface area contributed by atoms with Crippen LogP contribution in [0.25, 0.3) is 0 Å². The van der Waals surface area contributed by atoms with Crippen LogP contribution in [0.15, 0.2) is 36.4 Å². The first-order chi connectivity index (χ1) is 22.8. The van der Waals surface area contributed by atoms with Gasteiger partial charge in [0.25, 0.3) is 11.8 Å². The van der Waals surface area contributed by atoms with Gasteiger partial charge in [-0.3, -0.25) is 19.2 Å². The Bertz CT molecular complexity index is 1350. The van der Waals surface area contributed by atoms with Crippen LogP contribution >= 0.6 is 0 Å². The van der Waals surface area contributed by atoms with Crippen LogP contribution in [0, 0.1) is 0 Å². The molecule has 48 heavy (non-hydrogen) atoms. The molecule has 0 spiro atoms. The maximum Gasteiger partial charge on any atom is 0.251 e. The number of benzene rings is 2. The molecule has 0 radical (unpaired) electrons. The number of hydrogen-bond acceptors (Lipinski definition) is 16. The average Bonchev–Trinajstić information content (AvgIpc) is 3.10. The molecule has 0 aliphatic heterocycles. The Morgan fingerprint density at radius 2 is 0.896 bits per heavy atom. The molecule has 18 nitrogen and oxygen atoms in total. The monoisotopic (exact) mass is 680 g/mol. The van der Waals surface area contributed by atoms with Gasteiger partial charge in [0.15, 0.2) is 23.8 Å². The lowest BCUT2D eigenvalue weighted by Crippen LogP contribution is -2.52. The number of carbonyl (C=O) groups is 4. The Hall–Kier alpha value is -4.08. The van der Waals surface area contributed by atoms with E-state index in [0.29, 0.717) is 0 Å². The van der Waals surface area contributed by atoms with Crippen LogP contribution in [0.5, 0.6) is 0 Å². The molecule has 3 rings (SSSR count). The van der Waals surface area contributed by atoms with Crippen LogP contribution in [-0.4, -0.2) is 163 Å².